The van der Waals surface area contributed by atoms with E-state index in [1.165, 1.54) is 43.1 Å². The predicted molar refractivity (Wildman–Crippen MR) is 131 cm³/mol. The molecular formula is C27H24O4S2. The molecule has 33 heavy (non-hydrogen) atoms. The lowest BCUT2D eigenvalue weighted by molar-refractivity contribution is -0.322. The molecule has 0 saturated heterocycles. The summed E-state index contributed by atoms with van der Waals surface area (Å²) in [4.78, 5) is 23.9. The fraction of sp³-hybridized carbons (Fsp3) is 0.0370. The third-order valence-electron chi connectivity index (χ3n) is 3.83. The van der Waals surface area contributed by atoms with Gasteiger partial charge in [0.05, 0.1) is 0 Å². The zero-order valence-electron chi connectivity index (χ0n) is 17.8. The van der Waals surface area contributed by atoms with Crippen LogP contribution in [-0.4, -0.2) is 11.9 Å². The molecule has 0 heterocycles. The Morgan fingerprint density at radius 3 is 0.818 bits per heavy atom. The van der Waals surface area contributed by atoms with Gasteiger partial charge in [-0.3, -0.25) is 0 Å². The second kappa shape index (κ2) is 15.3. The number of benzene rings is 4. The largest absolute Gasteiger partial charge is 0.550 e. The summed E-state index contributed by atoms with van der Waals surface area (Å²) in [5.74, 6) is -3.25. The number of carboxylic acids is 2. The van der Waals surface area contributed by atoms with E-state index in [2.05, 4.69) is 97.1 Å². The first-order valence-corrected chi connectivity index (χ1v) is 11.8. The zero-order valence-corrected chi connectivity index (χ0v) is 19.6. The molecular weight excluding hydrogens is 452 g/mol. The second-order valence-electron chi connectivity index (χ2n) is 6.49. The maximum atomic E-state index is 9.28. The fourth-order valence-corrected chi connectivity index (χ4v) is 4.31. The van der Waals surface area contributed by atoms with Crippen molar-refractivity contribution >= 4 is 35.5 Å². The highest BCUT2D eigenvalue weighted by Gasteiger charge is 2.04. The van der Waals surface area contributed by atoms with Gasteiger partial charge in [-0.1, -0.05) is 72.8 Å². The van der Waals surface area contributed by atoms with Gasteiger partial charge in [0.25, 0.3) is 0 Å². The summed E-state index contributed by atoms with van der Waals surface area (Å²) in [7, 11) is 0. The van der Waals surface area contributed by atoms with Gasteiger partial charge in [0.1, 0.15) is 0 Å². The van der Waals surface area contributed by atoms with Crippen LogP contribution in [0, 0.1) is 0 Å². The maximum Gasteiger partial charge on any atom is 0.158 e. The van der Waals surface area contributed by atoms with Crippen LogP contribution in [0.1, 0.15) is 6.42 Å². The first-order valence-electron chi connectivity index (χ1n) is 10.1. The van der Waals surface area contributed by atoms with Crippen LogP contribution in [0.4, 0.5) is 0 Å². The monoisotopic (exact) mass is 476 g/mol. The van der Waals surface area contributed by atoms with Gasteiger partial charge < -0.3 is 19.8 Å². The maximum absolute atomic E-state index is 9.28. The van der Waals surface area contributed by atoms with Crippen LogP contribution in [0.25, 0.3) is 0 Å². The van der Waals surface area contributed by atoms with Crippen molar-refractivity contribution in [2.75, 3.05) is 0 Å². The van der Waals surface area contributed by atoms with E-state index in [1.807, 2.05) is 24.3 Å². The number of carboxylic acid groups (broad SMARTS) is 2. The van der Waals surface area contributed by atoms with E-state index in [1.54, 1.807) is 0 Å². The first kappa shape index (κ1) is 25.8. The lowest BCUT2D eigenvalue weighted by Crippen LogP contribution is -2.32. The van der Waals surface area contributed by atoms with E-state index in [0.717, 1.165) is 0 Å². The SMILES string of the molecule is O=C([O-])CC(=O)[O-].c1ccc([SH+]c2ccccc2)cc1.c1ccc([SH+]c2ccccc2)cc1. The van der Waals surface area contributed by atoms with E-state index in [9.17, 15) is 19.8 Å². The lowest BCUT2D eigenvalue weighted by Gasteiger charge is -1.99. The summed E-state index contributed by atoms with van der Waals surface area (Å²) in [6, 6.07) is 42.0. The van der Waals surface area contributed by atoms with Crippen molar-refractivity contribution in [1.29, 1.82) is 0 Å². The molecule has 0 aliphatic heterocycles. The third-order valence-corrected chi connectivity index (χ3v) is 6.06. The van der Waals surface area contributed by atoms with Crippen LogP contribution in [-0.2, 0) is 33.1 Å². The van der Waals surface area contributed by atoms with Crippen molar-refractivity contribution in [1.82, 2.24) is 0 Å². The van der Waals surface area contributed by atoms with Crippen molar-refractivity contribution in [3.8, 4) is 0 Å². The van der Waals surface area contributed by atoms with Gasteiger partial charge in [0.15, 0.2) is 19.6 Å². The van der Waals surface area contributed by atoms with Gasteiger partial charge in [-0.25, -0.2) is 0 Å². The molecule has 0 atom stereocenters. The molecule has 168 valence electrons. The molecule has 4 aromatic rings. The molecule has 4 nitrogen and oxygen atoms in total. The van der Waals surface area contributed by atoms with Gasteiger partial charge in [-0.05, 0) is 48.5 Å². The van der Waals surface area contributed by atoms with Crippen LogP contribution >= 0.6 is 0 Å². The minimum Gasteiger partial charge on any atom is -0.550 e. The van der Waals surface area contributed by atoms with Crippen molar-refractivity contribution in [3.05, 3.63) is 121 Å². The molecule has 6 heteroatoms. The van der Waals surface area contributed by atoms with E-state index in [4.69, 9.17) is 0 Å². The molecule has 0 aromatic heterocycles. The summed E-state index contributed by atoms with van der Waals surface area (Å²) >= 11 is 2.56. The highest BCUT2D eigenvalue weighted by atomic mass is 32.2. The Kier molecular flexibility index (Phi) is 12.0. The average Bonchev–Trinajstić information content (AvgIpc) is 2.82. The fourth-order valence-electron chi connectivity index (χ4n) is 2.43. The molecule has 4 rings (SSSR count). The number of rotatable bonds is 6. The Labute approximate surface area is 202 Å². The van der Waals surface area contributed by atoms with Crippen LogP contribution < -0.4 is 10.2 Å². The first-order chi connectivity index (χ1) is 16.0. The smallest absolute Gasteiger partial charge is 0.158 e. The molecule has 0 bridgehead atoms. The predicted octanol–water partition coefficient (Wildman–Crippen LogP) is 2.72. The molecule has 0 amide bonds. The molecule has 0 N–H and O–H groups in total. The van der Waals surface area contributed by atoms with Crippen LogP contribution in [0.3, 0.4) is 0 Å². The average molecular weight is 477 g/mol. The lowest BCUT2D eigenvalue weighted by atomic mass is 10.4. The highest BCUT2D eigenvalue weighted by Crippen LogP contribution is 2.11. The number of thiol groups is 2. The minimum absolute atomic E-state index is 1.03. The zero-order chi connectivity index (χ0) is 23.7. The van der Waals surface area contributed by atoms with Crippen molar-refractivity contribution in [2.45, 2.75) is 26.0 Å². The van der Waals surface area contributed by atoms with E-state index < -0.39 is 18.4 Å². The highest BCUT2D eigenvalue weighted by molar-refractivity contribution is 7.78. The standard InChI is InChI=1S/2C12H10S.C3H4O4/c2*1-3-7-11(8-4-1)13-12-9-5-2-6-10-12;4-2(5)1-3(6)7/h2*1-10H;1H2,(H,4,5)(H,6,7). The summed E-state index contributed by atoms with van der Waals surface area (Å²) < 4.78 is 0. The molecule has 0 unspecified atom stereocenters. The van der Waals surface area contributed by atoms with Crippen LogP contribution in [0.2, 0.25) is 0 Å². The van der Waals surface area contributed by atoms with Crippen molar-refractivity contribution in [3.63, 3.8) is 0 Å². The van der Waals surface area contributed by atoms with Crippen molar-refractivity contribution < 1.29 is 19.8 Å². The number of hydrogen-bond donors (Lipinski definition) is 0. The van der Waals surface area contributed by atoms with Gasteiger partial charge >= 0.3 is 0 Å². The van der Waals surface area contributed by atoms with Gasteiger partial charge in [0, 0.05) is 41.9 Å². The molecule has 0 fully saturated rings. The van der Waals surface area contributed by atoms with Crippen LogP contribution in [0.15, 0.2) is 141 Å². The van der Waals surface area contributed by atoms with Gasteiger partial charge in [-0.2, -0.15) is 0 Å². The quantitative estimate of drug-likeness (QED) is 0.243. The Morgan fingerprint density at radius 1 is 0.455 bits per heavy atom. The summed E-state index contributed by atoms with van der Waals surface area (Å²) in [5, 5.41) is 18.6. The summed E-state index contributed by atoms with van der Waals surface area (Å²) in [6.45, 7) is 0. The molecule has 0 radical (unpaired) electrons. The minimum atomic E-state index is -1.63. The van der Waals surface area contributed by atoms with E-state index >= 15 is 0 Å². The Hall–Kier alpha value is -3.48. The number of carbonyl (C=O) groups is 2. The Morgan fingerprint density at radius 2 is 0.667 bits per heavy atom. The van der Waals surface area contributed by atoms with Gasteiger partial charge in [0.2, 0.25) is 0 Å². The van der Waals surface area contributed by atoms with Crippen molar-refractivity contribution in [2.24, 2.45) is 0 Å². The molecule has 0 saturated carbocycles. The van der Waals surface area contributed by atoms with Crippen LogP contribution in [0.5, 0.6) is 0 Å². The topological polar surface area (TPSA) is 80.3 Å². The molecule has 0 aliphatic carbocycles. The van der Waals surface area contributed by atoms with E-state index in [-0.39, 0.29) is 0 Å². The second-order valence-corrected chi connectivity index (χ2v) is 9.00. The van der Waals surface area contributed by atoms with Gasteiger partial charge in [-0.15, -0.1) is 0 Å². The molecule has 0 aliphatic rings. The normalized spacial score (nSPS) is 9.45. The number of carbonyl (C=O) groups excluding carboxylic acids is 2. The Balaban J connectivity index is 0.000000185. The molecule has 0 spiro atoms. The summed E-state index contributed by atoms with van der Waals surface area (Å²) in [5.41, 5.74) is 0. The Bertz CT molecular complexity index is 910. The van der Waals surface area contributed by atoms with E-state index in [0.29, 0.717) is 0 Å². The number of aliphatic carboxylic acids is 2. The molecule has 4 aromatic carbocycles. The number of hydrogen-bond acceptors (Lipinski definition) is 4. The summed E-state index contributed by atoms with van der Waals surface area (Å²) in [6.07, 6.45) is -1.03. The third kappa shape index (κ3) is 12.2.